The summed E-state index contributed by atoms with van der Waals surface area (Å²) in [5, 5.41) is 38.8. The van der Waals surface area contributed by atoms with E-state index in [4.69, 9.17) is 43.6 Å². The van der Waals surface area contributed by atoms with Gasteiger partial charge in [0.25, 0.3) is 0 Å². The van der Waals surface area contributed by atoms with Gasteiger partial charge in [0.15, 0.2) is 23.0 Å². The number of likely N-dealkylation sites (N-methyl/N-ethyl adjacent to an activating group) is 3. The number of carbonyl (C=O) groups is 5. The molecule has 0 saturated carbocycles. The smallest absolute Gasteiger partial charge is 0.308 e. The summed E-state index contributed by atoms with van der Waals surface area (Å²) < 4.78 is 43.4. The standard InChI is InChI=1S/C31H41N3O8.3C14H19NO3/c1-3-4-12-33(13-6-11-32)27(35)17-34-16-22(21-14-25(38-2)30-26(15-21)40-19-42-30)28(31(36)37)23(34)10-9-20-7-5-8-24-29(20)41-18-39-24;3*1-9-13(14(16)17)12(8-15(9)2)10-4-6-11(18-3)7-5-10/h5,7-8,14-15,22-23,28H,3-4,6,9-13,16-19,32H2,1-2H3,(H,36,37);3*4-7,9,12-13H,8H2,1-3H3,(H,16,17)/t22-,23+,28-;3*9-,12+,13-/m1000/s1. The summed E-state index contributed by atoms with van der Waals surface area (Å²) in [4.78, 5) is 71.1. The van der Waals surface area contributed by atoms with Crippen LogP contribution < -0.4 is 43.6 Å². The van der Waals surface area contributed by atoms with Crippen LogP contribution in [0.5, 0.6) is 46.0 Å². The first-order valence-corrected chi connectivity index (χ1v) is 33.1. The van der Waals surface area contributed by atoms with Gasteiger partial charge in [0.2, 0.25) is 25.2 Å². The van der Waals surface area contributed by atoms with Crippen LogP contribution >= 0.6 is 0 Å². The predicted molar refractivity (Wildman–Crippen MR) is 361 cm³/mol. The number of unbranched alkanes of at least 4 members (excludes halogenated alkanes) is 1. The number of carbonyl (C=O) groups excluding carboxylic acids is 1. The Labute approximate surface area is 563 Å². The van der Waals surface area contributed by atoms with Crippen LogP contribution in [0.25, 0.3) is 0 Å². The first-order chi connectivity index (χ1) is 46.1. The number of benzene rings is 5. The van der Waals surface area contributed by atoms with Crippen LogP contribution in [0.2, 0.25) is 0 Å². The molecular formula is C73H98N6O17. The third kappa shape index (κ3) is 17.2. The number of hydrogen-bond donors (Lipinski definition) is 5. The second-order valence-corrected chi connectivity index (χ2v) is 25.8. The predicted octanol–water partition coefficient (Wildman–Crippen LogP) is 8.67. The van der Waals surface area contributed by atoms with Crippen LogP contribution in [-0.4, -0.2) is 214 Å². The van der Waals surface area contributed by atoms with Crippen molar-refractivity contribution >= 4 is 29.8 Å². The first kappa shape index (κ1) is 73.5. The van der Waals surface area contributed by atoms with Gasteiger partial charge in [-0.2, -0.15) is 0 Å². The van der Waals surface area contributed by atoms with E-state index < -0.39 is 41.8 Å². The van der Waals surface area contributed by atoms with E-state index in [1.807, 2.05) is 155 Å². The van der Waals surface area contributed by atoms with E-state index in [9.17, 15) is 44.4 Å². The number of aliphatic carboxylic acids is 4. The Morgan fingerprint density at radius 1 is 0.521 bits per heavy atom. The van der Waals surface area contributed by atoms with Gasteiger partial charge in [0, 0.05) is 87.1 Å². The van der Waals surface area contributed by atoms with Gasteiger partial charge >= 0.3 is 23.9 Å². The van der Waals surface area contributed by atoms with Crippen LogP contribution in [0.3, 0.4) is 0 Å². The quantitative estimate of drug-likeness (QED) is 0.0409. The Morgan fingerprint density at radius 3 is 1.36 bits per heavy atom. The molecule has 6 aliphatic heterocycles. The molecule has 23 nitrogen and oxygen atoms in total. The second kappa shape index (κ2) is 34.0. The molecule has 4 saturated heterocycles. The van der Waals surface area contributed by atoms with Crippen LogP contribution in [0.1, 0.15) is 105 Å². The van der Waals surface area contributed by atoms with Crippen molar-refractivity contribution < 1.29 is 82.3 Å². The Morgan fingerprint density at radius 2 is 0.948 bits per heavy atom. The molecule has 11 rings (SSSR count). The van der Waals surface area contributed by atoms with Gasteiger partial charge in [0.05, 0.1) is 58.7 Å². The van der Waals surface area contributed by atoms with Crippen LogP contribution in [0.15, 0.2) is 103 Å². The van der Waals surface area contributed by atoms with Gasteiger partial charge in [-0.15, -0.1) is 0 Å². The number of carboxylic acid groups (broad SMARTS) is 4. The van der Waals surface area contributed by atoms with E-state index in [0.29, 0.717) is 67.8 Å². The van der Waals surface area contributed by atoms with Crippen molar-refractivity contribution in [2.24, 2.45) is 29.4 Å². The molecule has 522 valence electrons. The molecule has 5 aromatic rings. The lowest BCUT2D eigenvalue weighted by atomic mass is 9.83. The molecular weight excluding hydrogens is 1230 g/mol. The van der Waals surface area contributed by atoms with Gasteiger partial charge in [-0.05, 0) is 157 Å². The summed E-state index contributed by atoms with van der Waals surface area (Å²) in [6, 6.07) is 32.3. The molecule has 96 heavy (non-hydrogen) atoms. The lowest BCUT2D eigenvalue weighted by Crippen LogP contribution is -2.45. The van der Waals surface area contributed by atoms with Crippen molar-refractivity contribution in [3.05, 3.63) is 131 Å². The maximum Gasteiger partial charge on any atom is 0.308 e. The molecule has 0 aromatic heterocycles. The maximum absolute atomic E-state index is 13.7. The van der Waals surface area contributed by atoms with E-state index in [1.165, 1.54) is 0 Å². The Kier molecular flexibility index (Phi) is 26.0. The number of carboxylic acids is 4. The zero-order chi connectivity index (χ0) is 69.5. The number of fused-ring (bicyclic) bond motifs is 2. The van der Waals surface area contributed by atoms with Gasteiger partial charge in [-0.1, -0.05) is 61.9 Å². The topological polar surface area (TPSA) is 282 Å². The van der Waals surface area contributed by atoms with Crippen LogP contribution in [0, 0.1) is 23.7 Å². The van der Waals surface area contributed by atoms with E-state index in [-0.39, 0.29) is 79.7 Å². The molecule has 0 unspecified atom stereocenters. The molecule has 0 bridgehead atoms. The van der Waals surface area contributed by atoms with Crippen molar-refractivity contribution in [2.45, 2.75) is 108 Å². The fourth-order valence-electron chi connectivity index (χ4n) is 14.5. The Hall–Kier alpha value is -8.35. The molecule has 6 heterocycles. The van der Waals surface area contributed by atoms with Crippen LogP contribution in [-0.2, 0) is 30.4 Å². The zero-order valence-electron chi connectivity index (χ0n) is 57.3. The summed E-state index contributed by atoms with van der Waals surface area (Å²) in [7, 11) is 12.4. The largest absolute Gasteiger partial charge is 0.497 e. The molecule has 0 spiro atoms. The highest BCUT2D eigenvalue weighted by atomic mass is 16.7. The van der Waals surface area contributed by atoms with E-state index in [2.05, 4.69) is 21.6 Å². The maximum atomic E-state index is 13.7. The Bertz CT molecular complexity index is 3190. The van der Waals surface area contributed by atoms with Crippen molar-refractivity contribution in [3.63, 3.8) is 0 Å². The number of methoxy groups -OCH3 is 4. The fraction of sp³-hybridized carbons (Fsp3) is 0.521. The molecule has 12 atom stereocenters. The third-order valence-corrected chi connectivity index (χ3v) is 20.3. The normalized spacial score (nSPS) is 24.9. The number of rotatable bonds is 23. The molecule has 0 radical (unpaired) electrons. The highest BCUT2D eigenvalue weighted by molar-refractivity contribution is 5.79. The van der Waals surface area contributed by atoms with Gasteiger partial charge < -0.3 is 83.7 Å². The monoisotopic (exact) mass is 1330 g/mol. The van der Waals surface area contributed by atoms with E-state index in [1.54, 1.807) is 28.4 Å². The number of hydrogen-bond acceptors (Lipinski definition) is 18. The minimum absolute atomic E-state index is 0.00714. The van der Waals surface area contributed by atoms with Crippen molar-refractivity contribution in [3.8, 4) is 46.0 Å². The van der Waals surface area contributed by atoms with Crippen molar-refractivity contribution in [1.29, 1.82) is 0 Å². The molecule has 4 fully saturated rings. The highest BCUT2D eigenvalue weighted by Gasteiger charge is 2.49. The van der Waals surface area contributed by atoms with Gasteiger partial charge in [0.1, 0.15) is 17.2 Å². The van der Waals surface area contributed by atoms with Gasteiger partial charge in [-0.3, -0.25) is 28.9 Å². The van der Waals surface area contributed by atoms with E-state index >= 15 is 0 Å². The van der Waals surface area contributed by atoms with Gasteiger partial charge in [-0.25, -0.2) is 0 Å². The second-order valence-electron chi connectivity index (χ2n) is 25.8. The summed E-state index contributed by atoms with van der Waals surface area (Å²) in [6.07, 6.45) is 3.70. The highest BCUT2D eigenvalue weighted by Crippen LogP contribution is 2.48. The minimum Gasteiger partial charge on any atom is -0.497 e. The average Bonchev–Trinajstić information content (AvgIpc) is 1.62. The van der Waals surface area contributed by atoms with Crippen molar-refractivity contribution in [1.82, 2.24) is 24.5 Å². The fourth-order valence-corrected chi connectivity index (χ4v) is 14.5. The SMILES string of the molecule is CCCCN(CCCN)C(=O)CN1C[C@H](c2cc(OC)c3c(c2)OCO3)[C@@H](C(=O)O)[C@@H]1CCc1cccc2c1OCO2.COc1ccc([C@H]2CN(C)[C@@H](C)[C@@H]2C(=O)O)cc1.COc1ccc([C@H]2CN(C)[C@@H](C)[C@@H]2C(=O)O)cc1.COc1ccc([C@H]2CN(C)[C@@H](C)[C@@H]2C(=O)O)cc1. The van der Waals surface area contributed by atoms with E-state index in [0.717, 1.165) is 84.0 Å². The zero-order valence-corrected chi connectivity index (χ0v) is 57.3. The third-order valence-electron chi connectivity index (χ3n) is 20.3. The number of ether oxygens (including phenoxy) is 8. The number of likely N-dealkylation sites (tertiary alicyclic amines) is 4. The summed E-state index contributed by atoms with van der Waals surface area (Å²) >= 11 is 0. The molecule has 23 heteroatoms. The summed E-state index contributed by atoms with van der Waals surface area (Å²) in [5.74, 6) is 0.242. The van der Waals surface area contributed by atoms with Crippen LogP contribution in [0.4, 0.5) is 0 Å². The minimum atomic E-state index is -0.902. The molecule has 0 aliphatic carbocycles. The molecule has 5 aromatic carbocycles. The molecule has 6 aliphatic rings. The first-order valence-electron chi connectivity index (χ1n) is 33.1. The average molecular weight is 1330 g/mol. The Balaban J connectivity index is 0.000000181. The number of nitrogens with two attached hydrogens (primary N) is 1. The molecule has 6 N–H and O–H groups in total. The number of aryl methyl sites for hydroxylation is 1. The summed E-state index contributed by atoms with van der Waals surface area (Å²) in [5.41, 5.74) is 10.7. The summed E-state index contributed by atoms with van der Waals surface area (Å²) in [6.45, 7) is 12.9. The number of amides is 1. The van der Waals surface area contributed by atoms with Crippen molar-refractivity contribution in [2.75, 3.05) is 116 Å². The number of para-hydroxylation sites is 1. The lowest BCUT2D eigenvalue weighted by Gasteiger charge is -2.30. The lowest BCUT2D eigenvalue weighted by molar-refractivity contribution is -0.144. The molecule has 1 amide bonds. The number of nitrogens with zero attached hydrogens (tertiary/aromatic N) is 5.